The van der Waals surface area contributed by atoms with E-state index < -0.39 is 0 Å². The van der Waals surface area contributed by atoms with Gasteiger partial charge in [0.1, 0.15) is 0 Å². The summed E-state index contributed by atoms with van der Waals surface area (Å²) < 4.78 is 0. The molecule has 0 bridgehead atoms. The van der Waals surface area contributed by atoms with Gasteiger partial charge in [0.2, 0.25) is 5.91 Å². The molecule has 0 saturated carbocycles. The highest BCUT2D eigenvalue weighted by Crippen LogP contribution is 2.35. The monoisotopic (exact) mass is 396 g/mol. The lowest BCUT2D eigenvalue weighted by molar-refractivity contribution is -0.140. The Bertz CT molecular complexity index is 848. The van der Waals surface area contributed by atoms with Crippen molar-refractivity contribution in [3.8, 4) is 0 Å². The molecule has 2 aliphatic heterocycles. The molecule has 2 heterocycles. The van der Waals surface area contributed by atoms with Crippen LogP contribution in [0.3, 0.4) is 0 Å². The normalized spacial score (nSPS) is 27.6. The number of nitrogens with one attached hydrogen (secondary N) is 2. The lowest BCUT2D eigenvalue weighted by Crippen LogP contribution is -2.72. The zero-order chi connectivity index (χ0) is 19.7. The number of imide groups is 1. The molecule has 2 aromatic carbocycles. The molecule has 2 fully saturated rings. The minimum atomic E-state index is -0.360. The van der Waals surface area contributed by atoms with Crippen molar-refractivity contribution in [2.45, 2.75) is 23.5 Å². The molecule has 0 spiro atoms. The summed E-state index contributed by atoms with van der Waals surface area (Å²) in [5.74, 6) is 0.282. The maximum Gasteiger partial charge on any atom is 0.327 e. The summed E-state index contributed by atoms with van der Waals surface area (Å²) in [5.41, 5.74) is 2.29. The molecule has 146 valence electrons. The molecule has 4 unspecified atom stereocenters. The molecule has 28 heavy (non-hydrogen) atoms. The smallest absolute Gasteiger partial charge is 0.311 e. The Morgan fingerprint density at radius 2 is 1.57 bits per heavy atom. The third kappa shape index (κ3) is 3.53. The SMILES string of the molecule is CN1C(=O)C2C(SCc3ccccc3)NC(c3ccccc3)NC2N(C)C1=O. The second-order valence-corrected chi connectivity index (χ2v) is 8.29. The highest BCUT2D eigenvalue weighted by atomic mass is 32.2. The van der Waals surface area contributed by atoms with Crippen molar-refractivity contribution < 1.29 is 9.59 Å². The van der Waals surface area contributed by atoms with E-state index in [1.54, 1.807) is 30.8 Å². The zero-order valence-corrected chi connectivity index (χ0v) is 16.7. The van der Waals surface area contributed by atoms with Crippen LogP contribution in [0.4, 0.5) is 4.79 Å². The third-order valence-corrected chi connectivity index (χ3v) is 6.65. The van der Waals surface area contributed by atoms with Crippen LogP contribution >= 0.6 is 11.8 Å². The van der Waals surface area contributed by atoms with Crippen LogP contribution in [0.15, 0.2) is 60.7 Å². The molecule has 2 saturated heterocycles. The largest absolute Gasteiger partial charge is 0.327 e. The Kier molecular flexibility index (Phi) is 5.39. The van der Waals surface area contributed by atoms with Crippen molar-refractivity contribution in [2.24, 2.45) is 5.92 Å². The topological polar surface area (TPSA) is 64.7 Å². The predicted molar refractivity (Wildman–Crippen MR) is 110 cm³/mol. The van der Waals surface area contributed by atoms with E-state index in [0.717, 1.165) is 11.3 Å². The van der Waals surface area contributed by atoms with Crippen LogP contribution in [0, 0.1) is 5.92 Å². The van der Waals surface area contributed by atoms with E-state index >= 15 is 0 Å². The van der Waals surface area contributed by atoms with Gasteiger partial charge in [0.15, 0.2) is 0 Å². The maximum absolute atomic E-state index is 13.0. The van der Waals surface area contributed by atoms with E-state index in [-0.39, 0.29) is 35.6 Å². The Balaban J connectivity index is 1.62. The van der Waals surface area contributed by atoms with Crippen LogP contribution < -0.4 is 10.6 Å². The number of rotatable bonds is 4. The highest BCUT2D eigenvalue weighted by molar-refractivity contribution is 7.99. The van der Waals surface area contributed by atoms with Gasteiger partial charge < -0.3 is 4.90 Å². The molecule has 4 atom stereocenters. The van der Waals surface area contributed by atoms with Crippen LogP contribution in [-0.4, -0.2) is 47.4 Å². The number of urea groups is 1. The molecule has 3 amide bonds. The molecular formula is C21H24N4O2S. The summed E-state index contributed by atoms with van der Waals surface area (Å²) in [6.07, 6.45) is -0.488. The number of amides is 3. The first-order chi connectivity index (χ1) is 13.6. The van der Waals surface area contributed by atoms with Crippen LogP contribution in [-0.2, 0) is 10.5 Å². The molecular weight excluding hydrogens is 372 g/mol. The fourth-order valence-corrected chi connectivity index (χ4v) is 5.07. The molecule has 0 aliphatic carbocycles. The number of hydrogen-bond donors (Lipinski definition) is 2. The Morgan fingerprint density at radius 3 is 2.25 bits per heavy atom. The number of nitrogens with zero attached hydrogens (tertiary/aromatic N) is 2. The number of carbonyl (C=O) groups excluding carboxylic acids is 2. The van der Waals surface area contributed by atoms with Crippen LogP contribution in [0.5, 0.6) is 0 Å². The van der Waals surface area contributed by atoms with E-state index in [2.05, 4.69) is 22.8 Å². The van der Waals surface area contributed by atoms with E-state index in [4.69, 9.17) is 0 Å². The molecule has 6 nitrogen and oxygen atoms in total. The first kappa shape index (κ1) is 19.0. The maximum atomic E-state index is 13.0. The number of hydrogen-bond acceptors (Lipinski definition) is 5. The van der Waals surface area contributed by atoms with Crippen LogP contribution in [0.2, 0.25) is 0 Å². The molecule has 7 heteroatoms. The molecule has 4 rings (SSSR count). The molecule has 2 aromatic rings. The van der Waals surface area contributed by atoms with Gasteiger partial charge >= 0.3 is 6.03 Å². The van der Waals surface area contributed by atoms with Gasteiger partial charge in [0.25, 0.3) is 0 Å². The fourth-order valence-electron chi connectivity index (χ4n) is 3.80. The van der Waals surface area contributed by atoms with Crippen LogP contribution in [0.1, 0.15) is 17.3 Å². The van der Waals surface area contributed by atoms with Crippen molar-refractivity contribution in [1.82, 2.24) is 20.4 Å². The van der Waals surface area contributed by atoms with Crippen LogP contribution in [0.25, 0.3) is 0 Å². The van der Waals surface area contributed by atoms with Gasteiger partial charge in [-0.2, -0.15) is 0 Å². The first-order valence-electron chi connectivity index (χ1n) is 9.33. The Hall–Kier alpha value is -2.35. The predicted octanol–water partition coefficient (Wildman–Crippen LogP) is 2.60. The molecule has 0 radical (unpaired) electrons. The first-order valence-corrected chi connectivity index (χ1v) is 10.4. The average Bonchev–Trinajstić information content (AvgIpc) is 2.75. The van der Waals surface area contributed by atoms with Gasteiger partial charge in [-0.1, -0.05) is 60.7 Å². The van der Waals surface area contributed by atoms with E-state index in [1.165, 1.54) is 10.5 Å². The quantitative estimate of drug-likeness (QED) is 0.832. The van der Waals surface area contributed by atoms with Gasteiger partial charge in [-0.15, -0.1) is 11.8 Å². The lowest BCUT2D eigenvalue weighted by atomic mass is 9.96. The Labute approximate surface area is 169 Å². The summed E-state index contributed by atoms with van der Waals surface area (Å²) in [6, 6.07) is 20.0. The third-order valence-electron chi connectivity index (χ3n) is 5.36. The van der Waals surface area contributed by atoms with Crippen molar-refractivity contribution in [3.63, 3.8) is 0 Å². The van der Waals surface area contributed by atoms with Crippen molar-refractivity contribution in [2.75, 3.05) is 14.1 Å². The number of fused-ring (bicyclic) bond motifs is 1. The van der Waals surface area contributed by atoms with E-state index in [1.807, 2.05) is 48.5 Å². The van der Waals surface area contributed by atoms with Gasteiger partial charge in [0, 0.05) is 19.8 Å². The average molecular weight is 397 g/mol. The summed E-state index contributed by atoms with van der Waals surface area (Å²) in [4.78, 5) is 28.3. The standard InChI is InChI=1S/C21H24N4O2S/c1-24-18-16(20(26)25(2)21(24)27)19(28-13-14-9-5-3-6-10-14)23-17(22-18)15-11-7-4-8-12-15/h3-12,16-19,22-23H,13H2,1-2H3. The number of carbonyl (C=O) groups is 2. The summed E-state index contributed by atoms with van der Waals surface area (Å²) in [5, 5.41) is 6.93. The van der Waals surface area contributed by atoms with Crippen molar-refractivity contribution in [3.05, 3.63) is 71.8 Å². The fraction of sp³-hybridized carbons (Fsp3) is 0.333. The van der Waals surface area contributed by atoms with Gasteiger partial charge in [-0.05, 0) is 11.1 Å². The van der Waals surface area contributed by atoms with Gasteiger partial charge in [-0.3, -0.25) is 20.3 Å². The molecule has 2 aliphatic rings. The number of benzene rings is 2. The lowest BCUT2D eigenvalue weighted by Gasteiger charge is -2.50. The van der Waals surface area contributed by atoms with Crippen molar-refractivity contribution in [1.29, 1.82) is 0 Å². The summed E-state index contributed by atoms with van der Waals surface area (Å²) in [6.45, 7) is 0. The highest BCUT2D eigenvalue weighted by Gasteiger charge is 2.50. The molecule has 2 N–H and O–H groups in total. The van der Waals surface area contributed by atoms with Gasteiger partial charge in [-0.25, -0.2) is 4.79 Å². The summed E-state index contributed by atoms with van der Waals surface area (Å²) >= 11 is 1.71. The number of thioether (sulfide) groups is 1. The minimum absolute atomic E-state index is 0.123. The van der Waals surface area contributed by atoms with Crippen molar-refractivity contribution >= 4 is 23.7 Å². The van der Waals surface area contributed by atoms with E-state index in [9.17, 15) is 9.59 Å². The van der Waals surface area contributed by atoms with E-state index in [0.29, 0.717) is 0 Å². The Morgan fingerprint density at radius 1 is 0.929 bits per heavy atom. The zero-order valence-electron chi connectivity index (χ0n) is 15.9. The second-order valence-electron chi connectivity index (χ2n) is 7.16. The van der Waals surface area contributed by atoms with Gasteiger partial charge in [0.05, 0.1) is 23.6 Å². The minimum Gasteiger partial charge on any atom is -0.311 e. The second kappa shape index (κ2) is 7.95. The summed E-state index contributed by atoms with van der Waals surface area (Å²) in [7, 11) is 3.31. The molecule has 0 aromatic heterocycles.